The maximum Gasteiger partial charge on any atom is 0.423 e. The number of alkyl halides is 3. The number of halogens is 3. The van der Waals surface area contributed by atoms with Gasteiger partial charge in [-0.1, -0.05) is 6.58 Å². The van der Waals surface area contributed by atoms with E-state index in [9.17, 15) is 23.1 Å². The van der Waals surface area contributed by atoms with Crippen LogP contribution in [0, 0.1) is 0 Å². The van der Waals surface area contributed by atoms with Gasteiger partial charge >= 0.3 is 6.18 Å². The van der Waals surface area contributed by atoms with Crippen molar-refractivity contribution in [3.63, 3.8) is 0 Å². The van der Waals surface area contributed by atoms with E-state index in [2.05, 4.69) is 6.58 Å². The fourth-order valence-corrected chi connectivity index (χ4v) is 2.20. The molecule has 0 unspecified atom stereocenters. The lowest BCUT2D eigenvalue weighted by molar-refractivity contribution is -0.133. The number of carbonyl (C=O) groups is 1. The second kappa shape index (κ2) is 5.66. The molecular formula is C12H15F3N2O4. The van der Waals surface area contributed by atoms with Crippen LogP contribution in [0.15, 0.2) is 24.2 Å². The summed E-state index contributed by atoms with van der Waals surface area (Å²) in [7, 11) is 1.42. The molecule has 118 valence electrons. The van der Waals surface area contributed by atoms with Gasteiger partial charge in [0, 0.05) is 19.7 Å². The maximum absolute atomic E-state index is 12.8. The standard InChI is InChI=1S/C12H15F3N2O4/c1-6-16-11(19)7(12(13,14)15)4-17(6)10-3-8(18)9(21-10)5-20-2/h4,8-10,18H,1,3,5H2,2H3,(H,16,19)/t8-,9+,10+/m0/s1. The number of rotatable bonds is 3. The lowest BCUT2D eigenvalue weighted by Crippen LogP contribution is -2.45. The summed E-state index contributed by atoms with van der Waals surface area (Å²) in [4.78, 5) is 12.4. The first-order valence-electron chi connectivity index (χ1n) is 6.14. The zero-order chi connectivity index (χ0) is 15.8. The number of nitrogens with zero attached hydrogens (tertiary/aromatic N) is 1. The first-order chi connectivity index (χ1) is 9.74. The monoisotopic (exact) mass is 308 g/mol. The maximum atomic E-state index is 12.8. The number of nitrogens with one attached hydrogen (secondary N) is 1. The molecular weight excluding hydrogens is 293 g/mol. The molecule has 3 atom stereocenters. The van der Waals surface area contributed by atoms with E-state index in [4.69, 9.17) is 9.47 Å². The lowest BCUT2D eigenvalue weighted by atomic mass is 10.1. The van der Waals surface area contributed by atoms with Crippen molar-refractivity contribution in [1.29, 1.82) is 0 Å². The average Bonchev–Trinajstić information content (AvgIpc) is 2.69. The Kier molecular flexibility index (Phi) is 4.26. The largest absolute Gasteiger partial charge is 0.423 e. The van der Waals surface area contributed by atoms with E-state index in [1.165, 1.54) is 7.11 Å². The zero-order valence-electron chi connectivity index (χ0n) is 11.2. The number of amides is 1. The molecule has 9 heteroatoms. The molecule has 2 aliphatic heterocycles. The number of aliphatic hydroxyl groups is 1. The molecule has 1 saturated heterocycles. The summed E-state index contributed by atoms with van der Waals surface area (Å²) in [5, 5.41) is 11.8. The summed E-state index contributed by atoms with van der Waals surface area (Å²) in [5.41, 5.74) is -1.34. The highest BCUT2D eigenvalue weighted by molar-refractivity contribution is 5.96. The molecule has 2 heterocycles. The predicted octanol–water partition coefficient (Wildman–Crippen LogP) is 0.458. The molecule has 0 aliphatic carbocycles. The van der Waals surface area contributed by atoms with Crippen molar-refractivity contribution < 1.29 is 32.5 Å². The van der Waals surface area contributed by atoms with Crippen LogP contribution in [0.5, 0.6) is 0 Å². The highest BCUT2D eigenvalue weighted by Gasteiger charge is 2.45. The Balaban J connectivity index is 2.21. The second-order valence-corrected chi connectivity index (χ2v) is 4.74. The smallest absolute Gasteiger partial charge is 0.390 e. The van der Waals surface area contributed by atoms with E-state index in [0.717, 1.165) is 4.90 Å². The number of hydrogen-bond acceptors (Lipinski definition) is 5. The number of carbonyl (C=O) groups excluding carboxylic acids is 1. The van der Waals surface area contributed by atoms with E-state index < -0.39 is 36.1 Å². The van der Waals surface area contributed by atoms with Gasteiger partial charge in [-0.25, -0.2) is 0 Å². The first kappa shape index (κ1) is 15.8. The van der Waals surface area contributed by atoms with Crippen LogP contribution in [-0.2, 0) is 14.3 Å². The SMILES string of the molecule is C=C1NC(=O)C(C(F)(F)F)=CN1[C@H]1C[C@H](O)[C@@H](COC)O1. The average molecular weight is 308 g/mol. The van der Waals surface area contributed by atoms with Crippen molar-refractivity contribution in [2.24, 2.45) is 0 Å². The van der Waals surface area contributed by atoms with Gasteiger partial charge < -0.3 is 24.8 Å². The minimum absolute atomic E-state index is 0.0386. The van der Waals surface area contributed by atoms with Gasteiger partial charge in [-0.05, 0) is 0 Å². The molecule has 1 fully saturated rings. The summed E-state index contributed by atoms with van der Waals surface area (Å²) in [6, 6.07) is 0. The zero-order valence-corrected chi connectivity index (χ0v) is 11.2. The van der Waals surface area contributed by atoms with Crippen molar-refractivity contribution in [3.05, 3.63) is 24.2 Å². The van der Waals surface area contributed by atoms with Gasteiger partial charge in [-0.3, -0.25) is 4.79 Å². The fourth-order valence-electron chi connectivity index (χ4n) is 2.20. The Labute approximate surface area is 118 Å². The Morgan fingerprint density at radius 3 is 2.86 bits per heavy atom. The molecule has 2 rings (SSSR count). The Morgan fingerprint density at radius 2 is 2.29 bits per heavy atom. The lowest BCUT2D eigenvalue weighted by Gasteiger charge is -2.33. The molecule has 1 amide bonds. The molecule has 0 spiro atoms. The summed E-state index contributed by atoms with van der Waals surface area (Å²) < 4.78 is 48.6. The molecule has 21 heavy (non-hydrogen) atoms. The van der Waals surface area contributed by atoms with Crippen LogP contribution >= 0.6 is 0 Å². The number of ether oxygens (including phenoxy) is 2. The Hall–Kier alpha value is -1.58. The minimum atomic E-state index is -4.79. The number of hydrogen-bond donors (Lipinski definition) is 2. The normalized spacial score (nSPS) is 30.4. The summed E-state index contributed by atoms with van der Waals surface area (Å²) >= 11 is 0. The van der Waals surface area contributed by atoms with Gasteiger partial charge in [0.05, 0.1) is 12.7 Å². The topological polar surface area (TPSA) is 71.0 Å². The third kappa shape index (κ3) is 3.20. The van der Waals surface area contributed by atoms with E-state index in [0.29, 0.717) is 6.20 Å². The van der Waals surface area contributed by atoms with Crippen LogP contribution in [0.25, 0.3) is 0 Å². The second-order valence-electron chi connectivity index (χ2n) is 4.74. The van der Waals surface area contributed by atoms with Crippen molar-refractivity contribution >= 4 is 5.91 Å². The quantitative estimate of drug-likeness (QED) is 0.792. The molecule has 0 radical (unpaired) electrons. The van der Waals surface area contributed by atoms with Crippen LogP contribution in [0.3, 0.4) is 0 Å². The summed E-state index contributed by atoms with van der Waals surface area (Å²) in [6.45, 7) is 3.60. The highest BCUT2D eigenvalue weighted by atomic mass is 19.4. The van der Waals surface area contributed by atoms with Gasteiger partial charge in [0.25, 0.3) is 5.91 Å². The van der Waals surface area contributed by atoms with Crippen molar-refractivity contribution in [1.82, 2.24) is 10.2 Å². The van der Waals surface area contributed by atoms with Gasteiger partial charge in [-0.2, -0.15) is 13.2 Å². The van der Waals surface area contributed by atoms with Crippen molar-refractivity contribution in [2.45, 2.75) is 31.0 Å². The van der Waals surface area contributed by atoms with E-state index in [1.807, 2.05) is 5.32 Å². The van der Waals surface area contributed by atoms with E-state index in [-0.39, 0.29) is 18.8 Å². The van der Waals surface area contributed by atoms with Crippen LogP contribution in [0.4, 0.5) is 13.2 Å². The predicted molar refractivity (Wildman–Crippen MR) is 64.4 cm³/mol. The van der Waals surface area contributed by atoms with Crippen LogP contribution in [-0.4, -0.2) is 54.2 Å². The van der Waals surface area contributed by atoms with Crippen LogP contribution < -0.4 is 5.32 Å². The molecule has 2 aliphatic rings. The molecule has 0 saturated carbocycles. The van der Waals surface area contributed by atoms with Crippen molar-refractivity contribution in [3.8, 4) is 0 Å². The molecule has 2 N–H and O–H groups in total. The van der Waals surface area contributed by atoms with Gasteiger partial charge in [-0.15, -0.1) is 0 Å². The fraction of sp³-hybridized carbons (Fsp3) is 0.583. The minimum Gasteiger partial charge on any atom is -0.390 e. The molecule has 0 bridgehead atoms. The van der Waals surface area contributed by atoms with Crippen LogP contribution in [0.2, 0.25) is 0 Å². The Bertz CT molecular complexity index is 478. The molecule has 0 aromatic heterocycles. The summed E-state index contributed by atoms with van der Waals surface area (Å²) in [5.74, 6) is -1.31. The van der Waals surface area contributed by atoms with Crippen LogP contribution in [0.1, 0.15) is 6.42 Å². The van der Waals surface area contributed by atoms with E-state index in [1.54, 1.807) is 0 Å². The Morgan fingerprint density at radius 1 is 1.62 bits per heavy atom. The molecule has 6 nitrogen and oxygen atoms in total. The number of aliphatic hydroxyl groups excluding tert-OH is 1. The van der Waals surface area contributed by atoms with E-state index >= 15 is 0 Å². The van der Waals surface area contributed by atoms with Gasteiger partial charge in [0.2, 0.25) is 0 Å². The van der Waals surface area contributed by atoms with Crippen molar-refractivity contribution in [2.75, 3.05) is 13.7 Å². The van der Waals surface area contributed by atoms with Gasteiger partial charge in [0.15, 0.2) is 0 Å². The highest BCUT2D eigenvalue weighted by Crippen LogP contribution is 2.32. The summed E-state index contributed by atoms with van der Waals surface area (Å²) in [6.07, 6.45) is -6.44. The third-order valence-corrected chi connectivity index (χ3v) is 3.23. The molecule has 0 aromatic rings. The third-order valence-electron chi connectivity index (χ3n) is 3.23. The first-order valence-corrected chi connectivity index (χ1v) is 6.14. The number of methoxy groups -OCH3 is 1. The van der Waals surface area contributed by atoms with Gasteiger partial charge in [0.1, 0.15) is 23.7 Å². The molecule has 0 aromatic carbocycles.